The van der Waals surface area contributed by atoms with E-state index >= 15 is 0 Å². The molecule has 1 saturated carbocycles. The largest absolute Gasteiger partial charge is 0.320 e. The van der Waals surface area contributed by atoms with E-state index in [1.807, 2.05) is 29.1 Å². The standard InChI is InChI=1S/C14H10N4S/c15-6-9-1-4-13-11(5-9)17-14(12-7-19-8-16-12)18(13)10-2-3-10/h1,4-5,7-8,10H,2-3H2. The number of thiazole rings is 1. The van der Waals surface area contributed by atoms with Crippen molar-refractivity contribution in [2.75, 3.05) is 0 Å². The lowest BCUT2D eigenvalue weighted by Gasteiger charge is -2.05. The first-order valence-electron chi connectivity index (χ1n) is 6.17. The molecule has 0 amide bonds. The van der Waals surface area contributed by atoms with Gasteiger partial charge in [-0.25, -0.2) is 9.97 Å². The molecule has 1 fully saturated rings. The Morgan fingerprint density at radius 3 is 2.95 bits per heavy atom. The van der Waals surface area contributed by atoms with Crippen LogP contribution in [0.1, 0.15) is 24.4 Å². The van der Waals surface area contributed by atoms with E-state index in [1.165, 1.54) is 12.8 Å². The SMILES string of the molecule is N#Cc1ccc2c(c1)nc(-c1cscn1)n2C1CC1. The summed E-state index contributed by atoms with van der Waals surface area (Å²) in [6.45, 7) is 0. The zero-order valence-corrected chi connectivity index (χ0v) is 10.9. The van der Waals surface area contributed by atoms with Gasteiger partial charge in [-0.1, -0.05) is 0 Å². The third-order valence-corrected chi connectivity index (χ3v) is 3.98. The number of hydrogen-bond donors (Lipinski definition) is 0. The topological polar surface area (TPSA) is 54.5 Å². The molecule has 0 unspecified atom stereocenters. The summed E-state index contributed by atoms with van der Waals surface area (Å²) in [6, 6.07) is 8.40. The van der Waals surface area contributed by atoms with Crippen LogP contribution in [0.15, 0.2) is 29.1 Å². The molecule has 0 atom stereocenters. The minimum absolute atomic E-state index is 0.537. The summed E-state index contributed by atoms with van der Waals surface area (Å²) in [6.07, 6.45) is 2.39. The van der Waals surface area contributed by atoms with Gasteiger partial charge in [0.2, 0.25) is 0 Å². The molecule has 0 saturated heterocycles. The van der Waals surface area contributed by atoms with Crippen molar-refractivity contribution < 1.29 is 0 Å². The van der Waals surface area contributed by atoms with Gasteiger partial charge in [0.25, 0.3) is 0 Å². The predicted octanol–water partition coefficient (Wildman–Crippen LogP) is 3.37. The normalized spacial score (nSPS) is 14.7. The zero-order valence-electron chi connectivity index (χ0n) is 10.1. The van der Waals surface area contributed by atoms with Gasteiger partial charge in [0, 0.05) is 11.4 Å². The Morgan fingerprint density at radius 1 is 1.37 bits per heavy atom. The average molecular weight is 266 g/mol. The highest BCUT2D eigenvalue weighted by atomic mass is 32.1. The van der Waals surface area contributed by atoms with E-state index in [-0.39, 0.29) is 0 Å². The van der Waals surface area contributed by atoms with E-state index in [0.29, 0.717) is 11.6 Å². The van der Waals surface area contributed by atoms with Gasteiger partial charge in [0.05, 0.1) is 28.2 Å². The second kappa shape index (κ2) is 3.90. The first-order valence-corrected chi connectivity index (χ1v) is 7.12. The van der Waals surface area contributed by atoms with Crippen molar-refractivity contribution in [3.05, 3.63) is 34.7 Å². The van der Waals surface area contributed by atoms with Crippen molar-refractivity contribution in [3.8, 4) is 17.6 Å². The Kier molecular flexibility index (Phi) is 2.20. The second-order valence-electron chi connectivity index (χ2n) is 4.73. The number of benzene rings is 1. The van der Waals surface area contributed by atoms with E-state index in [0.717, 1.165) is 22.6 Å². The maximum atomic E-state index is 8.98. The highest BCUT2D eigenvalue weighted by Gasteiger charge is 2.29. The fourth-order valence-electron chi connectivity index (χ4n) is 2.37. The number of fused-ring (bicyclic) bond motifs is 1. The van der Waals surface area contributed by atoms with Gasteiger partial charge in [0.1, 0.15) is 5.69 Å². The van der Waals surface area contributed by atoms with Crippen LogP contribution in [-0.4, -0.2) is 14.5 Å². The zero-order chi connectivity index (χ0) is 12.8. The molecule has 2 heterocycles. The van der Waals surface area contributed by atoms with Crippen LogP contribution in [0, 0.1) is 11.3 Å². The van der Waals surface area contributed by atoms with Gasteiger partial charge in [-0.05, 0) is 31.0 Å². The molecule has 0 N–H and O–H groups in total. The first-order chi connectivity index (χ1) is 9.36. The Labute approximate surface area is 114 Å². The van der Waals surface area contributed by atoms with Crippen molar-refractivity contribution in [1.29, 1.82) is 5.26 Å². The number of rotatable bonds is 2. The molecule has 1 aliphatic carbocycles. The molecule has 0 bridgehead atoms. The Balaban J connectivity index is 2.02. The quantitative estimate of drug-likeness (QED) is 0.714. The highest BCUT2D eigenvalue weighted by molar-refractivity contribution is 7.07. The predicted molar refractivity (Wildman–Crippen MR) is 73.8 cm³/mol. The molecule has 5 heteroatoms. The van der Waals surface area contributed by atoms with Crippen molar-refractivity contribution in [2.45, 2.75) is 18.9 Å². The van der Waals surface area contributed by atoms with Gasteiger partial charge in [-0.15, -0.1) is 11.3 Å². The van der Waals surface area contributed by atoms with Crippen LogP contribution in [-0.2, 0) is 0 Å². The summed E-state index contributed by atoms with van der Waals surface area (Å²) in [7, 11) is 0. The minimum Gasteiger partial charge on any atom is -0.320 e. The molecule has 4 rings (SSSR count). The third-order valence-electron chi connectivity index (χ3n) is 3.39. The highest BCUT2D eigenvalue weighted by Crippen LogP contribution is 2.41. The lowest BCUT2D eigenvalue weighted by molar-refractivity contribution is 0.773. The summed E-state index contributed by atoms with van der Waals surface area (Å²) < 4.78 is 2.27. The average Bonchev–Trinajstić information content (AvgIpc) is 3.01. The second-order valence-corrected chi connectivity index (χ2v) is 5.44. The Morgan fingerprint density at radius 2 is 2.26 bits per heavy atom. The van der Waals surface area contributed by atoms with Gasteiger partial charge in [0.15, 0.2) is 5.82 Å². The fraction of sp³-hybridized carbons (Fsp3) is 0.214. The number of imidazole rings is 1. The summed E-state index contributed by atoms with van der Waals surface area (Å²) in [5.74, 6) is 0.925. The maximum Gasteiger partial charge on any atom is 0.160 e. The molecule has 2 aromatic heterocycles. The van der Waals surface area contributed by atoms with Crippen LogP contribution in [0.3, 0.4) is 0 Å². The van der Waals surface area contributed by atoms with Crippen LogP contribution >= 0.6 is 11.3 Å². The summed E-state index contributed by atoms with van der Waals surface area (Å²) >= 11 is 1.58. The lowest BCUT2D eigenvalue weighted by atomic mass is 10.2. The van der Waals surface area contributed by atoms with Gasteiger partial charge in [-0.3, -0.25) is 0 Å². The molecule has 1 aromatic carbocycles. The molecule has 19 heavy (non-hydrogen) atoms. The molecule has 4 nitrogen and oxygen atoms in total. The smallest absolute Gasteiger partial charge is 0.160 e. The summed E-state index contributed by atoms with van der Waals surface area (Å²) in [5, 5.41) is 11.0. The van der Waals surface area contributed by atoms with E-state index in [4.69, 9.17) is 5.26 Å². The molecular formula is C14H10N4S. The number of hydrogen-bond acceptors (Lipinski definition) is 4. The molecule has 0 spiro atoms. The van der Waals surface area contributed by atoms with Gasteiger partial charge < -0.3 is 4.57 Å². The Hall–Kier alpha value is -2.19. The molecule has 92 valence electrons. The van der Waals surface area contributed by atoms with Gasteiger partial charge in [-0.2, -0.15) is 5.26 Å². The minimum atomic E-state index is 0.537. The number of nitrogens with zero attached hydrogens (tertiary/aromatic N) is 4. The van der Waals surface area contributed by atoms with Crippen molar-refractivity contribution in [1.82, 2.24) is 14.5 Å². The number of nitriles is 1. The van der Waals surface area contributed by atoms with Crippen LogP contribution in [0.5, 0.6) is 0 Å². The van der Waals surface area contributed by atoms with Crippen molar-refractivity contribution in [3.63, 3.8) is 0 Å². The van der Waals surface area contributed by atoms with Crippen molar-refractivity contribution >= 4 is 22.4 Å². The van der Waals surface area contributed by atoms with Gasteiger partial charge >= 0.3 is 0 Å². The fourth-order valence-corrected chi connectivity index (χ4v) is 2.90. The molecule has 0 radical (unpaired) electrons. The maximum absolute atomic E-state index is 8.98. The molecule has 1 aliphatic rings. The lowest BCUT2D eigenvalue weighted by Crippen LogP contribution is -1.97. The molecular weight excluding hydrogens is 256 g/mol. The van der Waals surface area contributed by atoms with Crippen LogP contribution in [0.2, 0.25) is 0 Å². The molecule has 0 aliphatic heterocycles. The summed E-state index contributed by atoms with van der Waals surface area (Å²) in [5.41, 5.74) is 5.38. The van der Waals surface area contributed by atoms with Crippen LogP contribution in [0.25, 0.3) is 22.6 Å². The molecule has 3 aromatic rings. The van der Waals surface area contributed by atoms with Crippen LogP contribution in [0.4, 0.5) is 0 Å². The third kappa shape index (κ3) is 1.65. The van der Waals surface area contributed by atoms with Crippen LogP contribution < -0.4 is 0 Å². The van der Waals surface area contributed by atoms with E-state index in [1.54, 1.807) is 11.3 Å². The summed E-state index contributed by atoms with van der Waals surface area (Å²) in [4.78, 5) is 9.05. The first kappa shape index (κ1) is 10.7. The number of aromatic nitrogens is 3. The van der Waals surface area contributed by atoms with E-state index < -0.39 is 0 Å². The monoisotopic (exact) mass is 266 g/mol. The van der Waals surface area contributed by atoms with E-state index in [2.05, 4.69) is 20.6 Å². The Bertz CT molecular complexity index is 791. The van der Waals surface area contributed by atoms with Crippen molar-refractivity contribution in [2.24, 2.45) is 0 Å². The van der Waals surface area contributed by atoms with E-state index in [9.17, 15) is 0 Å².